The Bertz CT molecular complexity index is 898. The molecule has 43 heavy (non-hydrogen) atoms. The Labute approximate surface area is 229 Å². The lowest BCUT2D eigenvalue weighted by atomic mass is 9.88. The number of aliphatic hydroxyl groups is 3. The molecule has 0 spiro atoms. The van der Waals surface area contributed by atoms with E-state index in [-0.39, 0.29) is 32.7 Å². The number of hydrogen-bond acceptors (Lipinski definition) is 6. The van der Waals surface area contributed by atoms with Gasteiger partial charge in [0.05, 0.1) is 6.61 Å². The van der Waals surface area contributed by atoms with E-state index < -0.39 is 91.7 Å². The highest BCUT2D eigenvalue weighted by molar-refractivity contribution is 5.15. The van der Waals surface area contributed by atoms with Gasteiger partial charge in [0, 0.05) is 26.2 Å². The van der Waals surface area contributed by atoms with Crippen LogP contribution >= 0.6 is 0 Å². The van der Waals surface area contributed by atoms with Gasteiger partial charge in [0.15, 0.2) is 6.29 Å². The Morgan fingerprint density at radius 3 is 1.44 bits per heavy atom. The first-order valence-electron chi connectivity index (χ1n) is 11.6. The van der Waals surface area contributed by atoms with Crippen LogP contribution in [0.2, 0.25) is 0 Å². The van der Waals surface area contributed by atoms with Gasteiger partial charge in [-0.1, -0.05) is 0 Å². The Morgan fingerprint density at radius 2 is 0.953 bits per heavy atom. The standard InChI is InChI=1S/C20H23F17O6/c21-13(22,4-3-6-41-5-1-2-7-42-12-11(40)10(39)9(38)8-43-12)14(23,24)15(25,26)16(27,28)17(29,30)18(31,32)19(33,34)20(35,36)37/h9-12,38-40H,1-8H2/t9-,10-,11+,12+/m0/s1. The molecule has 1 aliphatic heterocycles. The minimum Gasteiger partial charge on any atom is -0.388 e. The maximum absolute atomic E-state index is 13.8. The summed E-state index contributed by atoms with van der Waals surface area (Å²) in [6.07, 6.45) is -17.7. The zero-order chi connectivity index (χ0) is 34.1. The zero-order valence-electron chi connectivity index (χ0n) is 21.0. The summed E-state index contributed by atoms with van der Waals surface area (Å²) < 4.78 is 240. The van der Waals surface area contributed by atoms with Crippen LogP contribution in [0.5, 0.6) is 0 Å². The van der Waals surface area contributed by atoms with Crippen LogP contribution < -0.4 is 0 Å². The molecule has 258 valence electrons. The van der Waals surface area contributed by atoms with Gasteiger partial charge < -0.3 is 29.5 Å². The molecule has 1 rings (SSSR count). The highest BCUT2D eigenvalue weighted by atomic mass is 19.4. The second-order valence-electron chi connectivity index (χ2n) is 9.19. The van der Waals surface area contributed by atoms with Crippen LogP contribution in [-0.4, -0.2) is 114 Å². The molecule has 4 atom stereocenters. The molecule has 0 unspecified atom stereocenters. The first-order valence-corrected chi connectivity index (χ1v) is 11.6. The molecule has 3 N–H and O–H groups in total. The van der Waals surface area contributed by atoms with Gasteiger partial charge in [-0.2, -0.15) is 74.6 Å². The van der Waals surface area contributed by atoms with E-state index in [0.717, 1.165) is 0 Å². The smallest absolute Gasteiger partial charge is 0.388 e. The zero-order valence-corrected chi connectivity index (χ0v) is 21.0. The fourth-order valence-corrected chi connectivity index (χ4v) is 3.28. The minimum absolute atomic E-state index is 0.00328. The van der Waals surface area contributed by atoms with Crippen molar-refractivity contribution in [3.05, 3.63) is 0 Å². The number of ether oxygens (including phenoxy) is 3. The van der Waals surface area contributed by atoms with E-state index in [1.165, 1.54) is 0 Å². The molecule has 0 aromatic carbocycles. The molecule has 0 radical (unpaired) electrons. The van der Waals surface area contributed by atoms with E-state index in [4.69, 9.17) is 9.47 Å². The molecule has 1 saturated heterocycles. The summed E-state index contributed by atoms with van der Waals surface area (Å²) in [5, 5.41) is 28.4. The lowest BCUT2D eigenvalue weighted by Gasteiger charge is -2.42. The van der Waals surface area contributed by atoms with E-state index in [0.29, 0.717) is 0 Å². The van der Waals surface area contributed by atoms with Gasteiger partial charge in [-0.05, 0) is 19.3 Å². The van der Waals surface area contributed by atoms with Gasteiger partial charge in [-0.15, -0.1) is 0 Å². The molecular weight excluding hydrogens is 659 g/mol. The quantitative estimate of drug-likeness (QED) is 0.157. The number of alkyl halides is 17. The first kappa shape index (κ1) is 39.6. The van der Waals surface area contributed by atoms with Crippen molar-refractivity contribution in [3.8, 4) is 0 Å². The lowest BCUT2D eigenvalue weighted by molar-refractivity contribution is -0.461. The summed E-state index contributed by atoms with van der Waals surface area (Å²) in [5.74, 6) is -56.5. The fraction of sp³-hybridized carbons (Fsp3) is 1.00. The third-order valence-corrected chi connectivity index (χ3v) is 5.99. The van der Waals surface area contributed by atoms with Crippen LogP contribution in [-0.2, 0) is 14.2 Å². The van der Waals surface area contributed by atoms with Crippen LogP contribution in [0.15, 0.2) is 0 Å². The van der Waals surface area contributed by atoms with Crippen molar-refractivity contribution in [3.63, 3.8) is 0 Å². The molecular formula is C20H23F17O6. The number of aliphatic hydroxyl groups excluding tert-OH is 3. The molecule has 0 aromatic rings. The van der Waals surface area contributed by atoms with Crippen LogP contribution in [0.1, 0.15) is 25.7 Å². The van der Waals surface area contributed by atoms with E-state index >= 15 is 0 Å². The van der Waals surface area contributed by atoms with Crippen LogP contribution in [0.25, 0.3) is 0 Å². The topological polar surface area (TPSA) is 88.4 Å². The molecule has 1 heterocycles. The molecule has 1 fully saturated rings. The summed E-state index contributed by atoms with van der Waals surface area (Å²) in [5.41, 5.74) is 0. The van der Waals surface area contributed by atoms with Crippen LogP contribution in [0.3, 0.4) is 0 Å². The van der Waals surface area contributed by atoms with E-state index in [1.54, 1.807) is 0 Å². The number of rotatable bonds is 16. The molecule has 1 aliphatic rings. The van der Waals surface area contributed by atoms with E-state index in [9.17, 15) is 90.0 Å². The van der Waals surface area contributed by atoms with Crippen LogP contribution in [0.4, 0.5) is 74.6 Å². The van der Waals surface area contributed by atoms with Crippen molar-refractivity contribution in [1.29, 1.82) is 0 Å². The summed E-state index contributed by atoms with van der Waals surface area (Å²) in [6.45, 7) is -1.97. The average Bonchev–Trinajstić information content (AvgIpc) is 2.86. The first-order chi connectivity index (χ1) is 19.1. The summed E-state index contributed by atoms with van der Waals surface area (Å²) >= 11 is 0. The lowest BCUT2D eigenvalue weighted by Crippen LogP contribution is -2.74. The highest BCUT2D eigenvalue weighted by Crippen LogP contribution is 2.64. The summed E-state index contributed by atoms with van der Waals surface area (Å²) in [6, 6.07) is 0. The third-order valence-electron chi connectivity index (χ3n) is 5.99. The molecule has 0 saturated carbocycles. The van der Waals surface area contributed by atoms with Crippen molar-refractivity contribution < 1.29 is 104 Å². The Kier molecular flexibility index (Phi) is 12.1. The Morgan fingerprint density at radius 1 is 0.535 bits per heavy atom. The van der Waals surface area contributed by atoms with E-state index in [1.807, 2.05) is 0 Å². The predicted molar refractivity (Wildman–Crippen MR) is 104 cm³/mol. The minimum atomic E-state index is -8.66. The predicted octanol–water partition coefficient (Wildman–Crippen LogP) is 5.03. The number of unbranched alkanes of at least 4 members (excludes halogenated alkanes) is 1. The second-order valence-corrected chi connectivity index (χ2v) is 9.19. The van der Waals surface area contributed by atoms with Gasteiger partial charge >= 0.3 is 47.6 Å². The van der Waals surface area contributed by atoms with Crippen LogP contribution in [0, 0.1) is 0 Å². The van der Waals surface area contributed by atoms with Crippen molar-refractivity contribution in [2.24, 2.45) is 0 Å². The normalized spacial score (nSPS) is 24.0. The highest BCUT2D eigenvalue weighted by Gasteiger charge is 2.95. The Balaban J connectivity index is 2.74. The molecule has 6 nitrogen and oxygen atoms in total. The molecule has 0 aromatic heterocycles. The largest absolute Gasteiger partial charge is 0.460 e. The van der Waals surface area contributed by atoms with Crippen molar-refractivity contribution in [1.82, 2.24) is 0 Å². The maximum atomic E-state index is 13.8. The second kappa shape index (κ2) is 13.1. The maximum Gasteiger partial charge on any atom is 0.460 e. The summed E-state index contributed by atoms with van der Waals surface area (Å²) in [7, 11) is 0. The molecule has 23 heteroatoms. The molecule has 0 aliphatic carbocycles. The fourth-order valence-electron chi connectivity index (χ4n) is 3.28. The van der Waals surface area contributed by atoms with Crippen molar-refractivity contribution >= 4 is 0 Å². The molecule has 0 bridgehead atoms. The SMILES string of the molecule is O[C@@H]1[C@@H](O)[C@H](OCCCCOCCCC(F)(F)C(F)(F)C(F)(F)C(F)(F)C(F)(F)C(F)(F)C(F)(F)C(F)(F)F)OC[C@@H]1O. The van der Waals surface area contributed by atoms with Crippen molar-refractivity contribution in [2.45, 2.75) is 97.9 Å². The number of halogens is 17. The number of hydrogen-bond donors (Lipinski definition) is 3. The Hall–Kier alpha value is -1.43. The van der Waals surface area contributed by atoms with Gasteiger partial charge in [-0.25, -0.2) is 0 Å². The van der Waals surface area contributed by atoms with Gasteiger partial charge in [0.1, 0.15) is 18.3 Å². The summed E-state index contributed by atoms with van der Waals surface area (Å²) in [4.78, 5) is 0. The average molecular weight is 682 g/mol. The van der Waals surface area contributed by atoms with Gasteiger partial charge in [0.2, 0.25) is 0 Å². The van der Waals surface area contributed by atoms with E-state index in [2.05, 4.69) is 4.74 Å². The van der Waals surface area contributed by atoms with Crippen molar-refractivity contribution in [2.75, 3.05) is 26.4 Å². The van der Waals surface area contributed by atoms with Gasteiger partial charge in [-0.3, -0.25) is 0 Å². The third kappa shape index (κ3) is 7.20. The molecule has 0 amide bonds. The van der Waals surface area contributed by atoms with Gasteiger partial charge in [0.25, 0.3) is 0 Å². The monoisotopic (exact) mass is 682 g/mol.